The van der Waals surface area contributed by atoms with Gasteiger partial charge in [-0.1, -0.05) is 72.8 Å². The van der Waals surface area contributed by atoms with E-state index in [1.165, 1.54) is 16.7 Å². The molecule has 1 atom stereocenters. The summed E-state index contributed by atoms with van der Waals surface area (Å²) in [5.41, 5.74) is 4.61. The Balaban J connectivity index is 1.63. The molecule has 0 heterocycles. The number of rotatable bonds is 4. The molecule has 4 aromatic carbocycles. The summed E-state index contributed by atoms with van der Waals surface area (Å²) in [5, 5.41) is 0. The average Bonchev–Trinajstić information content (AvgIpc) is 3.05. The van der Waals surface area contributed by atoms with Crippen LogP contribution in [0, 0.1) is 0 Å². The van der Waals surface area contributed by atoms with E-state index < -0.39 is 0 Å². The Labute approximate surface area is 158 Å². The molecule has 0 spiro atoms. The van der Waals surface area contributed by atoms with Crippen LogP contribution in [0.15, 0.2) is 103 Å². The van der Waals surface area contributed by atoms with Gasteiger partial charge in [0.15, 0.2) is 6.10 Å². The molecule has 0 aliphatic heterocycles. The van der Waals surface area contributed by atoms with Crippen molar-refractivity contribution in [2.75, 3.05) is 0 Å². The van der Waals surface area contributed by atoms with Crippen LogP contribution in [0.1, 0.15) is 17.2 Å². The Bertz CT molecular complexity index is 1070. The third kappa shape index (κ3) is 2.85. The number of hydrogen-bond donors (Lipinski definition) is 0. The maximum absolute atomic E-state index is 6.43. The molecule has 2 heteroatoms. The number of fused-ring (bicyclic) bond motifs is 3. The molecule has 0 bridgehead atoms. The number of benzene rings is 4. The van der Waals surface area contributed by atoms with Gasteiger partial charge >= 0.3 is 0 Å². The fourth-order valence-corrected chi connectivity index (χ4v) is 3.64. The fraction of sp³-hybridized carbons (Fsp3) is 0.0400. The van der Waals surface area contributed by atoms with Crippen molar-refractivity contribution >= 4 is 0 Å². The molecule has 27 heavy (non-hydrogen) atoms. The van der Waals surface area contributed by atoms with Gasteiger partial charge in [0.1, 0.15) is 17.2 Å². The van der Waals surface area contributed by atoms with Gasteiger partial charge in [0, 0.05) is 11.1 Å². The zero-order chi connectivity index (χ0) is 18.1. The van der Waals surface area contributed by atoms with Gasteiger partial charge in [-0.05, 0) is 41.5 Å². The normalized spacial score (nSPS) is 14.3. The molecule has 0 amide bonds. The minimum absolute atomic E-state index is 0.196. The van der Waals surface area contributed by atoms with E-state index >= 15 is 0 Å². The summed E-state index contributed by atoms with van der Waals surface area (Å²) >= 11 is 0. The van der Waals surface area contributed by atoms with Gasteiger partial charge in [0.05, 0.1) is 0 Å². The van der Waals surface area contributed by atoms with Crippen LogP contribution in [0.3, 0.4) is 0 Å². The first-order valence-electron chi connectivity index (χ1n) is 9.07. The molecule has 0 saturated heterocycles. The lowest BCUT2D eigenvalue weighted by Gasteiger charge is -2.19. The van der Waals surface area contributed by atoms with Crippen LogP contribution in [0.5, 0.6) is 17.2 Å². The highest BCUT2D eigenvalue weighted by atomic mass is 16.5. The van der Waals surface area contributed by atoms with Crippen molar-refractivity contribution in [2.24, 2.45) is 0 Å². The highest BCUT2D eigenvalue weighted by Crippen LogP contribution is 2.49. The molecule has 4 aromatic rings. The van der Waals surface area contributed by atoms with Gasteiger partial charge < -0.3 is 9.47 Å². The molecule has 130 valence electrons. The highest BCUT2D eigenvalue weighted by molar-refractivity contribution is 5.80. The van der Waals surface area contributed by atoms with E-state index in [0.29, 0.717) is 0 Å². The van der Waals surface area contributed by atoms with Crippen LogP contribution in [0.4, 0.5) is 0 Å². The van der Waals surface area contributed by atoms with Crippen molar-refractivity contribution in [1.82, 2.24) is 0 Å². The van der Waals surface area contributed by atoms with Gasteiger partial charge in [-0.15, -0.1) is 0 Å². The standard InChI is InChI=1S/C25H18O2/c1-3-10-18(11-4-1)26-23-17-9-16-21-20-14-7-8-15-22(20)25(24(21)23)27-19-12-5-2-6-13-19/h1-17,25H. The van der Waals surface area contributed by atoms with E-state index in [1.807, 2.05) is 72.8 Å². The van der Waals surface area contributed by atoms with E-state index in [1.54, 1.807) is 0 Å². The first kappa shape index (κ1) is 15.7. The second-order valence-electron chi connectivity index (χ2n) is 6.53. The smallest absolute Gasteiger partial charge is 0.154 e. The average molecular weight is 350 g/mol. The molecule has 1 aliphatic rings. The molecule has 1 unspecified atom stereocenters. The summed E-state index contributed by atoms with van der Waals surface area (Å²) in [7, 11) is 0. The zero-order valence-electron chi connectivity index (χ0n) is 14.7. The van der Waals surface area contributed by atoms with Gasteiger partial charge in [-0.2, -0.15) is 0 Å². The van der Waals surface area contributed by atoms with E-state index in [0.717, 1.165) is 22.8 Å². The van der Waals surface area contributed by atoms with Crippen LogP contribution in [0.25, 0.3) is 11.1 Å². The quantitative estimate of drug-likeness (QED) is 0.411. The summed E-state index contributed by atoms with van der Waals surface area (Å²) in [6.45, 7) is 0. The molecule has 0 fully saturated rings. The van der Waals surface area contributed by atoms with Crippen molar-refractivity contribution < 1.29 is 9.47 Å². The number of hydrogen-bond acceptors (Lipinski definition) is 2. The molecule has 5 rings (SSSR count). The van der Waals surface area contributed by atoms with E-state index in [9.17, 15) is 0 Å². The third-order valence-electron chi connectivity index (χ3n) is 4.83. The lowest BCUT2D eigenvalue weighted by molar-refractivity contribution is 0.248. The van der Waals surface area contributed by atoms with Gasteiger partial charge in [-0.3, -0.25) is 0 Å². The summed E-state index contributed by atoms with van der Waals surface area (Å²) in [5.74, 6) is 2.50. The van der Waals surface area contributed by atoms with Crippen molar-refractivity contribution in [3.05, 3.63) is 114 Å². The second-order valence-corrected chi connectivity index (χ2v) is 6.53. The Morgan fingerprint density at radius 3 is 1.93 bits per heavy atom. The monoisotopic (exact) mass is 350 g/mol. The van der Waals surface area contributed by atoms with Crippen LogP contribution >= 0.6 is 0 Å². The summed E-state index contributed by atoms with van der Waals surface area (Å²) in [6, 6.07) is 34.4. The molecular formula is C25H18O2. The fourth-order valence-electron chi connectivity index (χ4n) is 3.64. The Morgan fingerprint density at radius 1 is 0.519 bits per heavy atom. The highest BCUT2D eigenvalue weighted by Gasteiger charge is 2.33. The predicted octanol–water partition coefficient (Wildman–Crippen LogP) is 6.63. The lowest BCUT2D eigenvalue weighted by Crippen LogP contribution is -2.07. The molecule has 0 radical (unpaired) electrons. The van der Waals surface area contributed by atoms with Crippen molar-refractivity contribution in [3.63, 3.8) is 0 Å². The largest absolute Gasteiger partial charge is 0.481 e. The first-order valence-corrected chi connectivity index (χ1v) is 9.07. The second kappa shape index (κ2) is 6.65. The van der Waals surface area contributed by atoms with Crippen molar-refractivity contribution in [3.8, 4) is 28.4 Å². The maximum Gasteiger partial charge on any atom is 0.154 e. The molecule has 1 aliphatic carbocycles. The van der Waals surface area contributed by atoms with Crippen LogP contribution < -0.4 is 9.47 Å². The Kier molecular flexibility index (Phi) is 3.87. The minimum Gasteiger partial charge on any atom is -0.481 e. The van der Waals surface area contributed by atoms with Crippen LogP contribution in [0.2, 0.25) is 0 Å². The Morgan fingerprint density at radius 2 is 1.15 bits per heavy atom. The topological polar surface area (TPSA) is 18.5 Å². The van der Waals surface area contributed by atoms with E-state index in [-0.39, 0.29) is 6.10 Å². The minimum atomic E-state index is -0.196. The first-order chi connectivity index (χ1) is 13.4. The molecular weight excluding hydrogens is 332 g/mol. The van der Waals surface area contributed by atoms with Crippen molar-refractivity contribution in [1.29, 1.82) is 0 Å². The predicted molar refractivity (Wildman–Crippen MR) is 107 cm³/mol. The number of ether oxygens (including phenoxy) is 2. The van der Waals surface area contributed by atoms with Crippen molar-refractivity contribution in [2.45, 2.75) is 6.10 Å². The van der Waals surface area contributed by atoms with E-state index in [4.69, 9.17) is 9.47 Å². The third-order valence-corrected chi connectivity index (χ3v) is 4.83. The summed E-state index contributed by atoms with van der Waals surface area (Å²) < 4.78 is 12.7. The van der Waals surface area contributed by atoms with Crippen LogP contribution in [-0.4, -0.2) is 0 Å². The van der Waals surface area contributed by atoms with Crippen LogP contribution in [-0.2, 0) is 0 Å². The lowest BCUT2D eigenvalue weighted by atomic mass is 10.1. The zero-order valence-corrected chi connectivity index (χ0v) is 14.7. The SMILES string of the molecule is c1ccc(Oc2cccc3c2C(Oc2ccccc2)c2ccccc2-3)cc1. The molecule has 0 saturated carbocycles. The Hall–Kier alpha value is -3.52. The molecule has 0 aromatic heterocycles. The maximum atomic E-state index is 6.43. The summed E-state index contributed by atoms with van der Waals surface area (Å²) in [6.07, 6.45) is -0.196. The molecule has 2 nitrogen and oxygen atoms in total. The van der Waals surface area contributed by atoms with Gasteiger partial charge in [0.25, 0.3) is 0 Å². The van der Waals surface area contributed by atoms with Gasteiger partial charge in [-0.25, -0.2) is 0 Å². The number of para-hydroxylation sites is 2. The van der Waals surface area contributed by atoms with Gasteiger partial charge in [0.2, 0.25) is 0 Å². The summed E-state index contributed by atoms with van der Waals surface area (Å²) in [4.78, 5) is 0. The van der Waals surface area contributed by atoms with E-state index in [2.05, 4.69) is 30.3 Å². The molecule has 0 N–H and O–H groups in total.